The molecule has 3 N–H and O–H groups in total. The Morgan fingerprint density at radius 2 is 1.92 bits per heavy atom. The van der Waals surface area contributed by atoms with Crippen molar-refractivity contribution in [3.05, 3.63) is 54.1 Å². The van der Waals surface area contributed by atoms with Crippen molar-refractivity contribution in [1.82, 2.24) is 10.2 Å². The highest BCUT2D eigenvalue weighted by Crippen LogP contribution is 2.31. The van der Waals surface area contributed by atoms with Gasteiger partial charge in [0.1, 0.15) is 0 Å². The van der Waals surface area contributed by atoms with Gasteiger partial charge in [0.15, 0.2) is 0 Å². The molecule has 0 bridgehead atoms. The summed E-state index contributed by atoms with van der Waals surface area (Å²) in [7, 11) is -3.85. The summed E-state index contributed by atoms with van der Waals surface area (Å²) >= 11 is 0. The highest BCUT2D eigenvalue weighted by molar-refractivity contribution is 7.89. The molecule has 1 amide bonds. The van der Waals surface area contributed by atoms with Crippen LogP contribution in [0.1, 0.15) is 16.8 Å². The van der Waals surface area contributed by atoms with Gasteiger partial charge in [0.25, 0.3) is 5.91 Å². The molecule has 0 aromatic heterocycles. The van der Waals surface area contributed by atoms with Crippen LogP contribution < -0.4 is 10.5 Å². The Morgan fingerprint density at radius 3 is 2.73 bits per heavy atom. The molecule has 2 saturated heterocycles. The Balaban J connectivity index is 1.69. The standard InChI is InChI=1S/C19H21N3O3S/c20-26(24,25)18-7-2-1-6-16(18)13-4-3-5-14(10-13)19(23)22-9-8-15-11-21-12-17(15)22/h1-7,10,15,17,21H,8-9,11-12H2,(H2,20,24,25)/t15-,17+/m0/s1. The van der Waals surface area contributed by atoms with Gasteiger partial charge in [-0.1, -0.05) is 30.3 Å². The van der Waals surface area contributed by atoms with Crippen molar-refractivity contribution in [3.63, 3.8) is 0 Å². The fraction of sp³-hybridized carbons (Fsp3) is 0.316. The van der Waals surface area contributed by atoms with E-state index in [4.69, 9.17) is 5.14 Å². The second-order valence-corrected chi connectivity index (χ2v) is 8.42. The first-order valence-corrected chi connectivity index (χ1v) is 10.2. The molecular formula is C19H21N3O3S. The van der Waals surface area contributed by atoms with E-state index < -0.39 is 10.0 Å². The zero-order valence-corrected chi connectivity index (χ0v) is 15.1. The Morgan fingerprint density at radius 1 is 1.12 bits per heavy atom. The molecule has 6 nitrogen and oxygen atoms in total. The SMILES string of the molecule is NS(=O)(=O)c1ccccc1-c1cccc(C(=O)N2CC[C@H]3CNC[C@H]32)c1. The van der Waals surface area contributed by atoms with Gasteiger partial charge < -0.3 is 10.2 Å². The number of primary sulfonamides is 1. The highest BCUT2D eigenvalue weighted by atomic mass is 32.2. The predicted octanol–water partition coefficient (Wildman–Crippen LogP) is 1.43. The molecule has 2 aromatic carbocycles. The quantitative estimate of drug-likeness (QED) is 0.854. The lowest BCUT2D eigenvalue weighted by Crippen LogP contribution is -2.39. The maximum Gasteiger partial charge on any atom is 0.254 e. The van der Waals surface area contributed by atoms with Gasteiger partial charge in [0, 0.05) is 36.8 Å². The minimum Gasteiger partial charge on any atom is -0.334 e. The molecule has 2 aliphatic heterocycles. The maximum atomic E-state index is 13.0. The molecule has 0 unspecified atom stereocenters. The maximum absolute atomic E-state index is 13.0. The number of nitrogens with zero attached hydrogens (tertiary/aromatic N) is 1. The van der Waals surface area contributed by atoms with Gasteiger partial charge >= 0.3 is 0 Å². The Hall–Kier alpha value is -2.22. The van der Waals surface area contributed by atoms with E-state index in [0.717, 1.165) is 26.1 Å². The van der Waals surface area contributed by atoms with Crippen LogP contribution in [0, 0.1) is 5.92 Å². The van der Waals surface area contributed by atoms with Crippen LogP contribution in [0.2, 0.25) is 0 Å². The number of hydrogen-bond donors (Lipinski definition) is 2. The van der Waals surface area contributed by atoms with Crippen molar-refractivity contribution < 1.29 is 13.2 Å². The zero-order chi connectivity index (χ0) is 18.3. The molecule has 2 fully saturated rings. The van der Waals surface area contributed by atoms with Crippen LogP contribution >= 0.6 is 0 Å². The summed E-state index contributed by atoms with van der Waals surface area (Å²) in [5, 5.41) is 8.69. The molecule has 0 spiro atoms. The number of nitrogens with one attached hydrogen (secondary N) is 1. The molecular weight excluding hydrogens is 350 g/mol. The van der Waals surface area contributed by atoms with Crippen molar-refractivity contribution in [2.24, 2.45) is 11.1 Å². The number of amides is 1. The normalized spacial score (nSPS) is 22.4. The first kappa shape index (κ1) is 17.2. The number of sulfonamides is 1. The van der Waals surface area contributed by atoms with Crippen LogP contribution in [0.3, 0.4) is 0 Å². The van der Waals surface area contributed by atoms with E-state index in [2.05, 4.69) is 5.32 Å². The van der Waals surface area contributed by atoms with E-state index in [-0.39, 0.29) is 16.8 Å². The van der Waals surface area contributed by atoms with E-state index in [1.165, 1.54) is 6.07 Å². The Kier molecular flexibility index (Phi) is 4.30. The molecule has 2 aromatic rings. The fourth-order valence-corrected chi connectivity index (χ4v) is 4.80. The molecule has 2 atom stereocenters. The lowest BCUT2D eigenvalue weighted by atomic mass is 10.0. The number of carbonyl (C=O) groups excluding carboxylic acids is 1. The molecule has 7 heteroatoms. The highest BCUT2D eigenvalue weighted by Gasteiger charge is 2.40. The molecule has 0 radical (unpaired) electrons. The van der Waals surface area contributed by atoms with Crippen molar-refractivity contribution in [3.8, 4) is 11.1 Å². The van der Waals surface area contributed by atoms with E-state index >= 15 is 0 Å². The first-order valence-electron chi connectivity index (χ1n) is 8.69. The third-order valence-corrected chi connectivity index (χ3v) is 6.29. The molecule has 26 heavy (non-hydrogen) atoms. The Labute approximate surface area is 153 Å². The van der Waals surface area contributed by atoms with Crippen LogP contribution in [-0.4, -0.2) is 44.9 Å². The summed E-state index contributed by atoms with van der Waals surface area (Å²) in [6, 6.07) is 13.9. The number of fused-ring (bicyclic) bond motifs is 1. The van der Waals surface area contributed by atoms with Gasteiger partial charge in [0.05, 0.1) is 4.90 Å². The van der Waals surface area contributed by atoms with E-state index in [0.29, 0.717) is 22.6 Å². The zero-order valence-electron chi connectivity index (χ0n) is 14.3. The lowest BCUT2D eigenvalue weighted by Gasteiger charge is -2.23. The number of benzene rings is 2. The van der Waals surface area contributed by atoms with Crippen LogP contribution in [-0.2, 0) is 10.0 Å². The average molecular weight is 371 g/mol. The first-order chi connectivity index (χ1) is 12.4. The van der Waals surface area contributed by atoms with Crippen molar-refractivity contribution in [2.75, 3.05) is 19.6 Å². The smallest absolute Gasteiger partial charge is 0.254 e. The summed E-state index contributed by atoms with van der Waals surface area (Å²) in [4.78, 5) is 15.0. The van der Waals surface area contributed by atoms with Gasteiger partial charge in [-0.25, -0.2) is 13.6 Å². The second kappa shape index (κ2) is 6.50. The molecule has 0 aliphatic carbocycles. The van der Waals surface area contributed by atoms with E-state index in [9.17, 15) is 13.2 Å². The Bertz CT molecular complexity index is 958. The largest absolute Gasteiger partial charge is 0.334 e. The van der Waals surface area contributed by atoms with Crippen molar-refractivity contribution in [2.45, 2.75) is 17.4 Å². The number of rotatable bonds is 3. The van der Waals surface area contributed by atoms with Gasteiger partial charge in [0.2, 0.25) is 10.0 Å². The lowest BCUT2D eigenvalue weighted by molar-refractivity contribution is 0.0737. The van der Waals surface area contributed by atoms with Gasteiger partial charge in [-0.15, -0.1) is 0 Å². The van der Waals surface area contributed by atoms with Crippen LogP contribution in [0.4, 0.5) is 0 Å². The van der Waals surface area contributed by atoms with Gasteiger partial charge in [-0.05, 0) is 36.1 Å². The van der Waals surface area contributed by atoms with E-state index in [1.807, 2.05) is 4.90 Å². The average Bonchev–Trinajstić information content (AvgIpc) is 3.24. The van der Waals surface area contributed by atoms with Gasteiger partial charge in [-0.3, -0.25) is 4.79 Å². The van der Waals surface area contributed by atoms with Crippen molar-refractivity contribution >= 4 is 15.9 Å². The summed E-state index contributed by atoms with van der Waals surface area (Å²) in [5.74, 6) is 0.529. The summed E-state index contributed by atoms with van der Waals surface area (Å²) < 4.78 is 23.8. The van der Waals surface area contributed by atoms with Crippen LogP contribution in [0.5, 0.6) is 0 Å². The summed E-state index contributed by atoms with van der Waals surface area (Å²) in [6.45, 7) is 2.58. The second-order valence-electron chi connectivity index (χ2n) is 6.89. The summed E-state index contributed by atoms with van der Waals surface area (Å²) in [5.41, 5.74) is 1.74. The summed E-state index contributed by atoms with van der Waals surface area (Å²) in [6.07, 6.45) is 1.03. The molecule has 2 heterocycles. The molecule has 0 saturated carbocycles. The van der Waals surface area contributed by atoms with Crippen molar-refractivity contribution in [1.29, 1.82) is 0 Å². The fourth-order valence-electron chi connectivity index (χ4n) is 4.04. The number of nitrogens with two attached hydrogens (primary N) is 1. The molecule has 4 rings (SSSR count). The third kappa shape index (κ3) is 3.02. The third-order valence-electron chi connectivity index (χ3n) is 5.32. The number of hydrogen-bond acceptors (Lipinski definition) is 4. The van der Waals surface area contributed by atoms with Gasteiger partial charge in [-0.2, -0.15) is 0 Å². The van der Waals surface area contributed by atoms with Crippen LogP contribution in [0.15, 0.2) is 53.4 Å². The monoisotopic (exact) mass is 371 g/mol. The van der Waals surface area contributed by atoms with Crippen LogP contribution in [0.25, 0.3) is 11.1 Å². The minimum atomic E-state index is -3.85. The predicted molar refractivity (Wildman–Crippen MR) is 99.1 cm³/mol. The number of carbonyl (C=O) groups is 1. The topological polar surface area (TPSA) is 92.5 Å². The number of likely N-dealkylation sites (tertiary alicyclic amines) is 1. The van der Waals surface area contributed by atoms with E-state index in [1.54, 1.807) is 42.5 Å². The minimum absolute atomic E-state index is 0.00358. The molecule has 136 valence electrons. The molecule has 2 aliphatic rings.